The highest BCUT2D eigenvalue weighted by atomic mass is 35.5. The number of rotatable bonds is 11. The van der Waals surface area contributed by atoms with Crippen LogP contribution in [0.25, 0.3) is 0 Å². The Bertz CT molecular complexity index is 1510. The number of oxime groups is 1. The average Bonchev–Trinajstić information content (AvgIpc) is 3.72. The van der Waals surface area contributed by atoms with Crippen molar-refractivity contribution in [2.75, 3.05) is 6.54 Å². The molecule has 2 N–H and O–H groups in total. The Balaban J connectivity index is 1.18. The highest BCUT2D eigenvalue weighted by molar-refractivity contribution is 6.48. The summed E-state index contributed by atoms with van der Waals surface area (Å²) in [4.78, 5) is 33.2. The van der Waals surface area contributed by atoms with Gasteiger partial charge in [0.15, 0.2) is 5.69 Å². The van der Waals surface area contributed by atoms with Gasteiger partial charge >= 0.3 is 7.12 Å². The van der Waals surface area contributed by atoms with E-state index in [-0.39, 0.29) is 65.9 Å². The van der Waals surface area contributed by atoms with Gasteiger partial charge in [-0.2, -0.15) is 0 Å². The first kappa shape index (κ1) is 33.0. The molecule has 12 heteroatoms. The van der Waals surface area contributed by atoms with Crippen molar-refractivity contribution in [1.82, 2.24) is 15.8 Å². The molecule has 0 spiro atoms. The van der Waals surface area contributed by atoms with E-state index in [0.29, 0.717) is 34.8 Å². The monoisotopic (exact) mass is 652 g/mol. The lowest BCUT2D eigenvalue weighted by atomic mass is 9.43. The first-order chi connectivity index (χ1) is 21.7. The quantitative estimate of drug-likeness (QED) is 0.297. The summed E-state index contributed by atoms with van der Waals surface area (Å²) in [5, 5.41) is 14.9. The molecular formula is C34H46BClN4O6. The van der Waals surface area contributed by atoms with Gasteiger partial charge in [0.1, 0.15) is 5.76 Å². The Kier molecular flexibility index (Phi) is 8.82. The van der Waals surface area contributed by atoms with Crippen LogP contribution >= 0.6 is 11.6 Å². The van der Waals surface area contributed by atoms with E-state index in [2.05, 4.69) is 55.6 Å². The third-order valence-electron chi connectivity index (χ3n) is 10.8. The molecule has 3 aliphatic carbocycles. The van der Waals surface area contributed by atoms with Crippen LogP contribution < -0.4 is 10.6 Å². The summed E-state index contributed by atoms with van der Waals surface area (Å²) in [6, 6.07) is 9.01. The number of hydrogen-bond acceptors (Lipinski definition) is 8. The van der Waals surface area contributed by atoms with Crippen molar-refractivity contribution < 1.29 is 28.3 Å². The predicted molar refractivity (Wildman–Crippen MR) is 175 cm³/mol. The molecule has 2 aliphatic heterocycles. The number of benzene rings is 1. The van der Waals surface area contributed by atoms with E-state index in [1.165, 1.54) is 0 Å². The Morgan fingerprint density at radius 2 is 1.91 bits per heavy atom. The van der Waals surface area contributed by atoms with E-state index in [1.54, 1.807) is 12.1 Å². The van der Waals surface area contributed by atoms with Crippen molar-refractivity contribution in [2.24, 2.45) is 28.3 Å². The summed E-state index contributed by atoms with van der Waals surface area (Å²) in [6.07, 6.45) is 3.21. The van der Waals surface area contributed by atoms with Crippen LogP contribution in [0, 0.1) is 23.2 Å². The molecule has 0 radical (unpaired) electrons. The zero-order chi connectivity index (χ0) is 33.0. The molecule has 2 bridgehead atoms. The number of carbonyl (C=O) groups excluding carboxylic acids is 2. The number of aromatic nitrogens is 1. The smallest absolute Gasteiger partial charge is 0.404 e. The number of halogens is 1. The summed E-state index contributed by atoms with van der Waals surface area (Å²) in [6.45, 7) is 15.1. The van der Waals surface area contributed by atoms with Crippen LogP contribution in [0.3, 0.4) is 0 Å². The zero-order valence-electron chi connectivity index (χ0n) is 27.9. The fourth-order valence-electron chi connectivity index (χ4n) is 7.97. The van der Waals surface area contributed by atoms with E-state index in [9.17, 15) is 9.59 Å². The molecule has 3 saturated carbocycles. The molecule has 4 fully saturated rings. The molecule has 10 nitrogen and oxygen atoms in total. The SMILES string of the molecule is CC(C)C[C@H](NC(=O)C1(Cc2cccc(Cl)c2)CC(CNC(=O)c2cc(C(C)C)on2)=NO1)B1O[C@@H]2C[C@@H]3C[C@@H](C3(C)C)[C@]2(C)O1. The minimum absolute atomic E-state index is 0.00359. The van der Waals surface area contributed by atoms with Gasteiger partial charge in [-0.3, -0.25) is 9.59 Å². The van der Waals surface area contributed by atoms with Crippen molar-refractivity contribution in [1.29, 1.82) is 0 Å². The van der Waals surface area contributed by atoms with Crippen LogP contribution in [0.15, 0.2) is 40.0 Å². The van der Waals surface area contributed by atoms with E-state index in [0.717, 1.165) is 18.4 Å². The van der Waals surface area contributed by atoms with Crippen molar-refractivity contribution in [3.05, 3.63) is 52.4 Å². The van der Waals surface area contributed by atoms with E-state index in [4.69, 9.17) is 30.3 Å². The Labute approximate surface area is 276 Å². The molecule has 2 aromatic rings. The van der Waals surface area contributed by atoms with Crippen LogP contribution in [0.5, 0.6) is 0 Å². The maximum Gasteiger partial charge on any atom is 0.481 e. The summed E-state index contributed by atoms with van der Waals surface area (Å²) in [5.74, 6) is 0.970. The molecule has 46 heavy (non-hydrogen) atoms. The number of amides is 2. The van der Waals surface area contributed by atoms with E-state index < -0.39 is 18.6 Å². The Morgan fingerprint density at radius 1 is 1.13 bits per heavy atom. The molecule has 1 unspecified atom stereocenters. The van der Waals surface area contributed by atoms with Gasteiger partial charge in [-0.1, -0.05) is 75.6 Å². The van der Waals surface area contributed by atoms with Gasteiger partial charge in [-0.25, -0.2) is 0 Å². The minimum Gasteiger partial charge on any atom is -0.404 e. The Hall–Kier alpha value is -2.89. The van der Waals surface area contributed by atoms with Gasteiger partial charge in [0.05, 0.1) is 29.9 Å². The second-order valence-electron chi connectivity index (χ2n) is 15.2. The predicted octanol–water partition coefficient (Wildman–Crippen LogP) is 5.74. The number of nitrogens with one attached hydrogen (secondary N) is 2. The van der Waals surface area contributed by atoms with Gasteiger partial charge in [0, 0.05) is 29.8 Å². The van der Waals surface area contributed by atoms with Crippen LogP contribution in [0.1, 0.15) is 102 Å². The third-order valence-corrected chi connectivity index (χ3v) is 11.0. The summed E-state index contributed by atoms with van der Waals surface area (Å²) >= 11 is 6.32. The molecule has 1 aromatic carbocycles. The second kappa shape index (κ2) is 12.3. The largest absolute Gasteiger partial charge is 0.481 e. The zero-order valence-corrected chi connectivity index (χ0v) is 28.6. The van der Waals surface area contributed by atoms with Crippen LogP contribution in [0.4, 0.5) is 0 Å². The average molecular weight is 653 g/mol. The van der Waals surface area contributed by atoms with Crippen molar-refractivity contribution >= 4 is 36.2 Å². The number of carbonyl (C=O) groups is 2. The van der Waals surface area contributed by atoms with E-state index >= 15 is 0 Å². The van der Waals surface area contributed by atoms with Crippen LogP contribution in [-0.4, -0.2) is 59.6 Å². The lowest BCUT2D eigenvalue weighted by Gasteiger charge is -2.64. The molecule has 1 saturated heterocycles. The van der Waals surface area contributed by atoms with Gasteiger partial charge in [0.2, 0.25) is 5.60 Å². The van der Waals surface area contributed by atoms with Gasteiger partial charge in [-0.15, -0.1) is 0 Å². The van der Waals surface area contributed by atoms with Gasteiger partial charge in [0.25, 0.3) is 11.8 Å². The lowest BCUT2D eigenvalue weighted by Crippen LogP contribution is -2.65. The summed E-state index contributed by atoms with van der Waals surface area (Å²) in [5.41, 5.74) is 0.0341. The first-order valence-electron chi connectivity index (χ1n) is 16.6. The third kappa shape index (κ3) is 6.10. The topological polar surface area (TPSA) is 124 Å². The van der Waals surface area contributed by atoms with Gasteiger partial charge < -0.3 is 29.3 Å². The summed E-state index contributed by atoms with van der Waals surface area (Å²) in [7, 11) is -0.570. The normalized spacial score (nSPS) is 30.0. The molecule has 3 heterocycles. The standard InChI is InChI=1S/C34H46BClN4O6/c1-19(2)11-29(35-43-28-14-22-13-27(32(22,5)6)33(28,7)45-35)38-31(42)34(16-21-9-8-10-23(36)12-21)17-24(39-46-34)18-37-30(41)25-15-26(20(3)4)44-40-25/h8-10,12,15,19-20,22,27-29H,11,13-14,16-18H2,1-7H3,(H,37,41)(H,38,42)/t22-,27-,28+,29-,33-,34?/m0/s1. The highest BCUT2D eigenvalue weighted by Crippen LogP contribution is 2.65. The van der Waals surface area contributed by atoms with Crippen molar-refractivity contribution in [3.63, 3.8) is 0 Å². The second-order valence-corrected chi connectivity index (χ2v) is 15.7. The highest BCUT2D eigenvalue weighted by Gasteiger charge is 2.68. The number of nitrogens with zero attached hydrogens (tertiary/aromatic N) is 2. The molecule has 6 atom stereocenters. The fourth-order valence-corrected chi connectivity index (χ4v) is 8.19. The summed E-state index contributed by atoms with van der Waals surface area (Å²) < 4.78 is 18.7. The molecular weight excluding hydrogens is 607 g/mol. The minimum atomic E-state index is -1.35. The van der Waals surface area contributed by atoms with E-state index in [1.807, 2.05) is 32.0 Å². The van der Waals surface area contributed by atoms with Crippen molar-refractivity contribution in [3.8, 4) is 0 Å². The molecule has 2 amide bonds. The first-order valence-corrected chi connectivity index (χ1v) is 17.0. The molecule has 5 aliphatic rings. The van der Waals surface area contributed by atoms with Crippen LogP contribution in [0.2, 0.25) is 5.02 Å². The maximum atomic E-state index is 14.4. The number of hydrogen-bond donors (Lipinski definition) is 2. The van der Waals surface area contributed by atoms with Gasteiger partial charge in [-0.05, 0) is 67.1 Å². The Morgan fingerprint density at radius 3 is 2.59 bits per heavy atom. The lowest BCUT2D eigenvalue weighted by molar-refractivity contribution is -0.199. The molecule has 1 aromatic heterocycles. The molecule has 7 rings (SSSR count). The fraction of sp³-hybridized carbons (Fsp3) is 0.647. The molecule has 248 valence electrons. The maximum absolute atomic E-state index is 14.4. The van der Waals surface area contributed by atoms with Crippen molar-refractivity contribution in [2.45, 2.75) is 110 Å². The van der Waals surface area contributed by atoms with Crippen LogP contribution in [-0.2, 0) is 25.4 Å².